The molecule has 2 heterocycles. The first-order valence-corrected chi connectivity index (χ1v) is 14.3. The zero-order chi connectivity index (χ0) is 33.6. The lowest BCUT2D eigenvalue weighted by molar-refractivity contribution is -0.174. The summed E-state index contributed by atoms with van der Waals surface area (Å²) >= 11 is 0. The topological polar surface area (TPSA) is 227 Å². The van der Waals surface area contributed by atoms with Crippen molar-refractivity contribution in [2.75, 3.05) is 14.2 Å². The van der Waals surface area contributed by atoms with E-state index in [0.717, 1.165) is 26.4 Å². The molecule has 0 amide bonds. The number of Topliss-reactive ketones (excluding diaryl/α,β-unsaturated/α-hetero) is 2. The molecular formula is C32H30O14. The van der Waals surface area contributed by atoms with Crippen LogP contribution in [-0.4, -0.2) is 91.8 Å². The molecule has 0 saturated heterocycles. The van der Waals surface area contributed by atoms with Crippen molar-refractivity contribution in [1.82, 2.24) is 0 Å². The van der Waals surface area contributed by atoms with E-state index >= 15 is 0 Å². The maximum absolute atomic E-state index is 13.4. The summed E-state index contributed by atoms with van der Waals surface area (Å²) < 4.78 is 22.2. The number of aromatic hydroxyl groups is 2. The number of methoxy groups -OCH3 is 2. The van der Waals surface area contributed by atoms with Gasteiger partial charge in [-0.15, -0.1) is 0 Å². The summed E-state index contributed by atoms with van der Waals surface area (Å²) in [6.07, 6.45) is -3.96. The summed E-state index contributed by atoms with van der Waals surface area (Å²) in [5.74, 6) is -9.42. The van der Waals surface area contributed by atoms with Gasteiger partial charge in [0, 0.05) is 24.0 Å². The third-order valence-electron chi connectivity index (χ3n) is 9.24. The van der Waals surface area contributed by atoms with Crippen molar-refractivity contribution in [1.29, 1.82) is 0 Å². The van der Waals surface area contributed by atoms with E-state index in [4.69, 9.17) is 18.9 Å². The van der Waals surface area contributed by atoms with E-state index in [1.165, 1.54) is 26.0 Å². The van der Waals surface area contributed by atoms with Gasteiger partial charge in [-0.25, -0.2) is 9.59 Å². The Kier molecular flexibility index (Phi) is 6.87. The fraction of sp³-hybridized carbons (Fsp3) is 0.375. The van der Waals surface area contributed by atoms with Crippen molar-refractivity contribution in [2.45, 2.75) is 50.1 Å². The molecule has 0 aromatic heterocycles. The van der Waals surface area contributed by atoms with Crippen LogP contribution in [-0.2, 0) is 28.7 Å². The van der Waals surface area contributed by atoms with E-state index in [2.05, 4.69) is 0 Å². The van der Waals surface area contributed by atoms with Crippen molar-refractivity contribution in [3.8, 4) is 34.1 Å². The monoisotopic (exact) mass is 638 g/mol. The van der Waals surface area contributed by atoms with Gasteiger partial charge in [0.05, 0.1) is 25.4 Å². The third-order valence-corrected chi connectivity index (χ3v) is 9.24. The molecule has 14 heteroatoms. The Morgan fingerprint density at radius 2 is 1.04 bits per heavy atom. The third kappa shape index (κ3) is 3.70. The molecule has 2 saturated carbocycles. The molecule has 14 nitrogen and oxygen atoms in total. The van der Waals surface area contributed by atoms with Crippen molar-refractivity contribution in [3.05, 3.63) is 46.5 Å². The number of ketones is 2. The van der Waals surface area contributed by atoms with Gasteiger partial charge in [0.1, 0.15) is 57.9 Å². The van der Waals surface area contributed by atoms with Crippen LogP contribution in [0, 0.1) is 11.8 Å². The van der Waals surface area contributed by atoms with E-state index in [0.29, 0.717) is 0 Å². The number of ether oxygens (including phenoxy) is 4. The van der Waals surface area contributed by atoms with Crippen molar-refractivity contribution >= 4 is 35.0 Å². The molecule has 2 aliphatic carbocycles. The van der Waals surface area contributed by atoms with E-state index in [-0.39, 0.29) is 24.0 Å². The highest BCUT2D eigenvalue weighted by Crippen LogP contribution is 2.57. The SMILES string of the molecule is COC(=O)[C@@]12Oc3c(-c4ccc(O)c5c4O[C@]4(C(=O)OC)C(=C5O)C(=O)C[C@@H](C)[C@H]4O)ccc(O)c3C(O)=C1C(=O)C[C@@H](C)[C@H]2O. The summed E-state index contributed by atoms with van der Waals surface area (Å²) in [4.78, 5) is 53.2. The van der Waals surface area contributed by atoms with E-state index in [1.807, 2.05) is 0 Å². The van der Waals surface area contributed by atoms with Gasteiger partial charge in [-0.05, 0) is 36.1 Å². The zero-order valence-electron chi connectivity index (χ0n) is 25.0. The van der Waals surface area contributed by atoms with Crippen molar-refractivity contribution in [2.24, 2.45) is 11.8 Å². The van der Waals surface area contributed by atoms with Crippen LogP contribution in [0.2, 0.25) is 0 Å². The number of hydrogen-bond acceptors (Lipinski definition) is 14. The highest BCUT2D eigenvalue weighted by atomic mass is 16.6. The van der Waals surface area contributed by atoms with Gasteiger partial charge in [-0.2, -0.15) is 0 Å². The number of fused-ring (bicyclic) bond motifs is 4. The molecule has 2 aliphatic heterocycles. The molecular weight excluding hydrogens is 608 g/mol. The largest absolute Gasteiger partial charge is 0.507 e. The highest BCUT2D eigenvalue weighted by Gasteiger charge is 2.65. The van der Waals surface area contributed by atoms with Crippen LogP contribution in [0.3, 0.4) is 0 Å². The van der Waals surface area contributed by atoms with Gasteiger partial charge >= 0.3 is 11.9 Å². The number of benzene rings is 2. The Labute approximate surface area is 260 Å². The second-order valence-electron chi connectivity index (χ2n) is 11.9. The molecule has 6 rings (SSSR count). The van der Waals surface area contributed by atoms with E-state index in [9.17, 15) is 49.8 Å². The van der Waals surface area contributed by atoms with Crippen LogP contribution < -0.4 is 9.47 Å². The summed E-state index contributed by atoms with van der Waals surface area (Å²) in [5, 5.41) is 67.3. The summed E-state index contributed by atoms with van der Waals surface area (Å²) in [7, 11) is 1.98. The molecule has 6 atom stereocenters. The quantitative estimate of drug-likeness (QED) is 0.264. The average molecular weight is 639 g/mol. The van der Waals surface area contributed by atoms with Crippen LogP contribution in [0.1, 0.15) is 37.8 Å². The Balaban J connectivity index is 1.68. The maximum atomic E-state index is 13.4. The lowest BCUT2D eigenvalue weighted by atomic mass is 9.69. The van der Waals surface area contributed by atoms with Crippen molar-refractivity contribution in [3.63, 3.8) is 0 Å². The molecule has 0 unspecified atom stereocenters. The molecule has 2 aromatic carbocycles. The second-order valence-corrected chi connectivity index (χ2v) is 11.9. The van der Waals surface area contributed by atoms with Crippen LogP contribution >= 0.6 is 0 Å². The smallest absolute Gasteiger partial charge is 0.358 e. The Morgan fingerprint density at radius 1 is 0.696 bits per heavy atom. The fourth-order valence-electron chi connectivity index (χ4n) is 7.00. The minimum Gasteiger partial charge on any atom is -0.507 e. The van der Waals surface area contributed by atoms with Crippen LogP contribution in [0.15, 0.2) is 35.4 Å². The first-order valence-electron chi connectivity index (χ1n) is 14.3. The summed E-state index contributed by atoms with van der Waals surface area (Å²) in [6, 6.07) is 4.73. The molecule has 0 radical (unpaired) electrons. The number of rotatable bonds is 3. The van der Waals surface area contributed by atoms with Crippen LogP contribution in [0.25, 0.3) is 22.6 Å². The van der Waals surface area contributed by atoms with Gasteiger partial charge in [0.2, 0.25) is 0 Å². The normalized spacial score (nSPS) is 29.9. The molecule has 0 bridgehead atoms. The van der Waals surface area contributed by atoms with Gasteiger partial charge in [-0.1, -0.05) is 13.8 Å². The predicted octanol–water partition coefficient (Wildman–Crippen LogP) is 1.85. The number of esters is 2. The highest BCUT2D eigenvalue weighted by molar-refractivity contribution is 6.14. The van der Waals surface area contributed by atoms with Gasteiger partial charge in [0.25, 0.3) is 11.2 Å². The Bertz CT molecular complexity index is 1690. The van der Waals surface area contributed by atoms with E-state index < -0.39 is 116 Å². The molecule has 2 fully saturated rings. The standard InChI is InChI=1S/C32H30O14/c1-11-9-17(35)21-23(37)19-15(33)7-5-13(25(19)45-31(21,27(11)39)29(41)43-3)14-6-8-16(34)20-24(38)22-18(36)10-12(2)28(40)32(22,30(42)44-4)46-26(14)20/h5-8,11-12,27-28,33-34,37-40H,9-10H2,1-4H3/t11-,12-,27-,28-,31-,32-/m1/s1. The number of carbonyl (C=O) groups is 4. The van der Waals surface area contributed by atoms with Gasteiger partial charge in [-0.3, -0.25) is 9.59 Å². The van der Waals surface area contributed by atoms with Gasteiger partial charge < -0.3 is 49.6 Å². The molecule has 2 aromatic rings. The van der Waals surface area contributed by atoms with Crippen LogP contribution in [0.5, 0.6) is 23.0 Å². The van der Waals surface area contributed by atoms with Crippen LogP contribution in [0.4, 0.5) is 0 Å². The van der Waals surface area contributed by atoms with Crippen molar-refractivity contribution < 1.29 is 68.8 Å². The lowest BCUT2D eigenvalue weighted by Crippen LogP contribution is -2.64. The number of phenolic OH excluding ortho intramolecular Hbond substituents is 2. The Morgan fingerprint density at radius 3 is 1.37 bits per heavy atom. The number of phenols is 2. The molecule has 242 valence electrons. The minimum absolute atomic E-state index is 0.100. The maximum Gasteiger partial charge on any atom is 0.358 e. The number of aliphatic hydroxyl groups is 4. The molecule has 0 spiro atoms. The molecule has 46 heavy (non-hydrogen) atoms. The average Bonchev–Trinajstić information content (AvgIpc) is 3.01. The molecule has 6 N–H and O–H groups in total. The zero-order valence-corrected chi connectivity index (χ0v) is 25.0. The summed E-state index contributed by atoms with van der Waals surface area (Å²) in [6.45, 7) is 2.98. The lowest BCUT2D eigenvalue weighted by Gasteiger charge is -2.46. The van der Waals surface area contributed by atoms with E-state index in [1.54, 1.807) is 0 Å². The minimum atomic E-state index is -2.58. The number of hydrogen-bond donors (Lipinski definition) is 6. The Hall–Kier alpha value is -5.08. The number of carbonyl (C=O) groups excluding carboxylic acids is 4. The fourth-order valence-corrected chi connectivity index (χ4v) is 7.00. The first kappa shape index (κ1) is 30.9. The second kappa shape index (κ2) is 10.2. The predicted molar refractivity (Wildman–Crippen MR) is 155 cm³/mol. The first-order chi connectivity index (χ1) is 21.7. The summed E-state index contributed by atoms with van der Waals surface area (Å²) in [5.41, 5.74) is -7.49. The molecule has 4 aliphatic rings. The number of aliphatic hydroxyl groups excluding tert-OH is 4. The van der Waals surface area contributed by atoms with Gasteiger partial charge in [0.15, 0.2) is 11.6 Å².